The minimum absolute atomic E-state index is 0.0468. The van der Waals surface area contributed by atoms with Gasteiger partial charge in [-0.05, 0) is 80.7 Å². The first-order valence-corrected chi connectivity index (χ1v) is 12.8. The number of ketones is 1. The van der Waals surface area contributed by atoms with Crippen LogP contribution in [0.5, 0.6) is 5.75 Å². The van der Waals surface area contributed by atoms with Gasteiger partial charge >= 0.3 is 5.97 Å². The Kier molecular flexibility index (Phi) is 7.09. The van der Waals surface area contributed by atoms with Gasteiger partial charge in [-0.3, -0.25) is 9.59 Å². The summed E-state index contributed by atoms with van der Waals surface area (Å²) in [6, 6.07) is 16.3. The number of Topliss-reactive ketones (excluding diaryl/α,β-unsaturated/α-hetero) is 1. The Morgan fingerprint density at radius 3 is 2.67 bits per heavy atom. The van der Waals surface area contributed by atoms with Gasteiger partial charge in [-0.2, -0.15) is 5.26 Å². The van der Waals surface area contributed by atoms with Crippen molar-refractivity contribution in [2.24, 2.45) is 11.8 Å². The molecule has 2 aromatic rings. The Balaban J connectivity index is 1.66. The van der Waals surface area contributed by atoms with Crippen LogP contribution in [0.2, 0.25) is 0 Å². The third-order valence-corrected chi connectivity index (χ3v) is 7.64. The standard InChI is InChI=1S/C27H29NO4S/c1-3-31-26(30)18-11-13-27(14-12-18)23(8-5-15-28)25(29)22-10-9-20(17-24(22)32-27)19-6-4-7-21(16-19)33-2/h4,6-7,9-10,16-18,23H,3,5,8,11-14H2,1-2H3. The van der Waals surface area contributed by atoms with Crippen LogP contribution >= 0.6 is 11.8 Å². The van der Waals surface area contributed by atoms with E-state index >= 15 is 0 Å². The SMILES string of the molecule is CCOC(=O)C1CCC2(CC1)Oc1cc(-c3cccc(SC)c3)ccc1C(=O)C2CCC#N. The van der Waals surface area contributed by atoms with Crippen LogP contribution in [-0.2, 0) is 9.53 Å². The van der Waals surface area contributed by atoms with Crippen molar-refractivity contribution in [3.63, 3.8) is 0 Å². The molecule has 0 N–H and O–H groups in total. The predicted molar refractivity (Wildman–Crippen MR) is 128 cm³/mol. The van der Waals surface area contributed by atoms with Crippen molar-refractivity contribution in [2.45, 2.75) is 55.9 Å². The molecule has 0 radical (unpaired) electrons. The number of fused-ring (bicyclic) bond motifs is 1. The van der Waals surface area contributed by atoms with Crippen molar-refractivity contribution in [1.29, 1.82) is 5.26 Å². The third kappa shape index (κ3) is 4.65. The number of hydrogen-bond acceptors (Lipinski definition) is 6. The normalized spacial score (nSPS) is 24.0. The van der Waals surface area contributed by atoms with E-state index in [0.717, 1.165) is 11.1 Å². The van der Waals surface area contributed by atoms with Crippen LogP contribution in [-0.4, -0.2) is 30.2 Å². The summed E-state index contributed by atoms with van der Waals surface area (Å²) in [7, 11) is 0. The lowest BCUT2D eigenvalue weighted by atomic mass is 9.67. The second-order valence-electron chi connectivity index (χ2n) is 8.75. The zero-order valence-electron chi connectivity index (χ0n) is 19.1. The van der Waals surface area contributed by atoms with Crippen LogP contribution < -0.4 is 4.74 Å². The highest BCUT2D eigenvalue weighted by molar-refractivity contribution is 7.98. The van der Waals surface area contributed by atoms with Gasteiger partial charge in [0.25, 0.3) is 0 Å². The number of hydrogen-bond donors (Lipinski definition) is 0. The Hall–Kier alpha value is -2.78. The quantitative estimate of drug-likeness (QED) is 0.383. The molecule has 2 aromatic carbocycles. The Labute approximate surface area is 199 Å². The van der Waals surface area contributed by atoms with Gasteiger partial charge in [0.1, 0.15) is 11.4 Å². The lowest BCUT2D eigenvalue weighted by Crippen LogP contribution is -2.53. The van der Waals surface area contributed by atoms with E-state index in [1.807, 2.05) is 37.4 Å². The number of nitriles is 1. The van der Waals surface area contributed by atoms with Gasteiger partial charge in [-0.1, -0.05) is 18.2 Å². The van der Waals surface area contributed by atoms with Gasteiger partial charge in [0.2, 0.25) is 0 Å². The average molecular weight is 464 g/mol. The van der Waals surface area contributed by atoms with Crippen molar-refractivity contribution < 1.29 is 19.1 Å². The Bertz CT molecular complexity index is 1080. The highest BCUT2D eigenvalue weighted by Gasteiger charge is 2.51. The summed E-state index contributed by atoms with van der Waals surface area (Å²) >= 11 is 1.69. The Morgan fingerprint density at radius 1 is 1.21 bits per heavy atom. The number of carbonyl (C=O) groups excluding carboxylic acids is 2. The van der Waals surface area contributed by atoms with E-state index in [9.17, 15) is 14.9 Å². The molecule has 1 heterocycles. The maximum atomic E-state index is 13.6. The largest absolute Gasteiger partial charge is 0.486 e. The molecule has 1 unspecified atom stereocenters. The minimum Gasteiger partial charge on any atom is -0.486 e. The minimum atomic E-state index is -0.677. The van der Waals surface area contributed by atoms with E-state index < -0.39 is 5.60 Å². The molecule has 1 fully saturated rings. The molecule has 33 heavy (non-hydrogen) atoms. The summed E-state index contributed by atoms with van der Waals surface area (Å²) in [5.41, 5.74) is 1.99. The lowest BCUT2D eigenvalue weighted by molar-refractivity contribution is -0.151. The first-order valence-electron chi connectivity index (χ1n) is 11.6. The molecular weight excluding hydrogens is 434 g/mol. The molecule has 0 amide bonds. The number of ether oxygens (including phenoxy) is 2. The molecule has 2 aliphatic rings. The van der Waals surface area contributed by atoms with Crippen LogP contribution in [0.1, 0.15) is 55.8 Å². The monoisotopic (exact) mass is 463 g/mol. The molecule has 1 saturated carbocycles. The second kappa shape index (κ2) is 10.0. The van der Waals surface area contributed by atoms with Gasteiger partial charge in [0, 0.05) is 11.3 Å². The molecule has 1 aliphatic heterocycles. The van der Waals surface area contributed by atoms with Gasteiger partial charge in [0.05, 0.1) is 30.1 Å². The van der Waals surface area contributed by atoms with Gasteiger partial charge in [0.15, 0.2) is 5.78 Å². The number of rotatable bonds is 6. The molecular formula is C27H29NO4S. The number of esters is 1. The molecule has 0 bridgehead atoms. The first-order chi connectivity index (χ1) is 16.0. The van der Waals surface area contributed by atoms with Crippen LogP contribution in [0.25, 0.3) is 11.1 Å². The molecule has 1 atom stereocenters. The van der Waals surface area contributed by atoms with Gasteiger partial charge in [-0.15, -0.1) is 11.8 Å². The highest BCUT2D eigenvalue weighted by Crippen LogP contribution is 2.48. The Morgan fingerprint density at radius 2 is 1.97 bits per heavy atom. The van der Waals surface area contributed by atoms with E-state index in [1.54, 1.807) is 11.8 Å². The third-order valence-electron chi connectivity index (χ3n) is 6.91. The number of benzene rings is 2. The fourth-order valence-electron chi connectivity index (χ4n) is 5.17. The van der Waals surface area contributed by atoms with Crippen molar-refractivity contribution in [3.8, 4) is 22.9 Å². The fraction of sp³-hybridized carbons (Fsp3) is 0.444. The predicted octanol–water partition coefficient (Wildman–Crippen LogP) is 6.06. The van der Waals surface area contributed by atoms with Gasteiger partial charge < -0.3 is 9.47 Å². The van der Waals surface area contributed by atoms with E-state index in [4.69, 9.17) is 9.47 Å². The first kappa shape index (κ1) is 23.4. The van der Waals surface area contributed by atoms with E-state index in [2.05, 4.69) is 24.3 Å². The van der Waals surface area contributed by atoms with Crippen LogP contribution in [0.4, 0.5) is 0 Å². The zero-order valence-corrected chi connectivity index (χ0v) is 20.0. The second-order valence-corrected chi connectivity index (χ2v) is 9.63. The van der Waals surface area contributed by atoms with Crippen molar-refractivity contribution in [2.75, 3.05) is 12.9 Å². The summed E-state index contributed by atoms with van der Waals surface area (Å²) in [5, 5.41) is 9.18. The molecule has 5 nitrogen and oxygen atoms in total. The molecule has 0 saturated heterocycles. The van der Waals surface area contributed by atoms with E-state index in [0.29, 0.717) is 56.4 Å². The zero-order chi connectivity index (χ0) is 23.4. The molecule has 172 valence electrons. The lowest BCUT2D eigenvalue weighted by Gasteiger charge is -2.47. The number of carbonyl (C=O) groups is 2. The summed E-state index contributed by atoms with van der Waals surface area (Å²) in [4.78, 5) is 27.0. The summed E-state index contributed by atoms with van der Waals surface area (Å²) in [6.45, 7) is 2.18. The van der Waals surface area contributed by atoms with Crippen molar-refractivity contribution in [3.05, 3.63) is 48.0 Å². The topological polar surface area (TPSA) is 76.4 Å². The van der Waals surface area contributed by atoms with Crippen molar-refractivity contribution in [1.82, 2.24) is 0 Å². The summed E-state index contributed by atoms with van der Waals surface area (Å²) in [5.74, 6) is -0.0499. The number of thioether (sulfide) groups is 1. The molecule has 1 spiro atoms. The van der Waals surface area contributed by atoms with Crippen LogP contribution in [0, 0.1) is 23.2 Å². The van der Waals surface area contributed by atoms with Crippen LogP contribution in [0.3, 0.4) is 0 Å². The van der Waals surface area contributed by atoms with E-state index in [1.165, 1.54) is 4.90 Å². The smallest absolute Gasteiger partial charge is 0.308 e. The molecule has 1 aliphatic carbocycles. The summed E-state index contributed by atoms with van der Waals surface area (Å²) < 4.78 is 11.9. The maximum Gasteiger partial charge on any atom is 0.308 e. The van der Waals surface area contributed by atoms with Gasteiger partial charge in [-0.25, -0.2) is 0 Å². The fourth-order valence-corrected chi connectivity index (χ4v) is 5.62. The summed E-state index contributed by atoms with van der Waals surface area (Å²) in [6.07, 6.45) is 5.27. The van der Waals surface area contributed by atoms with E-state index in [-0.39, 0.29) is 23.6 Å². The molecule has 4 rings (SSSR count). The average Bonchev–Trinajstić information content (AvgIpc) is 2.84. The van der Waals surface area contributed by atoms with Crippen molar-refractivity contribution >= 4 is 23.5 Å². The maximum absolute atomic E-state index is 13.6. The van der Waals surface area contributed by atoms with Crippen LogP contribution in [0.15, 0.2) is 47.4 Å². The highest BCUT2D eigenvalue weighted by atomic mass is 32.2. The molecule has 6 heteroatoms. The number of nitrogens with zero attached hydrogens (tertiary/aromatic N) is 1. The molecule has 0 aromatic heterocycles.